The molecule has 1 N–H and O–H groups in total. The monoisotopic (exact) mass is 375 g/mol. The molecule has 0 aliphatic rings. The maximum atomic E-state index is 12.5. The average Bonchev–Trinajstić information content (AvgIpc) is 2.97. The highest BCUT2D eigenvalue weighted by Gasteiger charge is 2.16. The molecule has 1 heterocycles. The summed E-state index contributed by atoms with van der Waals surface area (Å²) in [6, 6.07) is 14.9. The largest absolute Gasteiger partial charge is 0.491 e. The molecule has 3 aromatic rings. The molecule has 6 heteroatoms. The van der Waals surface area contributed by atoms with Crippen molar-refractivity contribution in [1.29, 1.82) is 0 Å². The van der Waals surface area contributed by atoms with Crippen LogP contribution in [0.2, 0.25) is 5.02 Å². The van der Waals surface area contributed by atoms with Crippen molar-refractivity contribution in [1.82, 2.24) is 0 Å². The van der Waals surface area contributed by atoms with Crippen molar-refractivity contribution < 1.29 is 14.3 Å². The van der Waals surface area contributed by atoms with E-state index in [9.17, 15) is 4.79 Å². The molecule has 4 nitrogen and oxygen atoms in total. The van der Waals surface area contributed by atoms with Crippen LogP contribution in [0.5, 0.6) is 5.75 Å². The molecule has 0 atom stereocenters. The smallest absolute Gasteiger partial charge is 0.267 e. The average molecular weight is 376 g/mol. The third-order valence-corrected chi connectivity index (χ3v) is 5.23. The van der Waals surface area contributed by atoms with Crippen LogP contribution >= 0.6 is 22.9 Å². The molecular formula is C19H18ClNO3S. The van der Waals surface area contributed by atoms with E-state index in [4.69, 9.17) is 21.1 Å². The zero-order chi connectivity index (χ0) is 17.6. The highest BCUT2D eigenvalue weighted by atomic mass is 35.5. The minimum atomic E-state index is -0.212. The van der Waals surface area contributed by atoms with Gasteiger partial charge in [0.2, 0.25) is 0 Å². The number of fused-ring (bicyclic) bond motifs is 1. The van der Waals surface area contributed by atoms with Crippen LogP contribution in [0.15, 0.2) is 48.5 Å². The second-order valence-corrected chi connectivity index (χ2v) is 6.70. The second-order valence-electron chi connectivity index (χ2n) is 5.27. The van der Waals surface area contributed by atoms with Crippen molar-refractivity contribution in [3.63, 3.8) is 0 Å². The Morgan fingerprint density at radius 1 is 1.12 bits per heavy atom. The number of carbonyl (C=O) groups excluding carboxylic acids is 1. The van der Waals surface area contributed by atoms with E-state index in [0.717, 1.165) is 15.8 Å². The lowest BCUT2D eigenvalue weighted by Crippen LogP contribution is -2.10. The van der Waals surface area contributed by atoms with Gasteiger partial charge in [-0.3, -0.25) is 4.79 Å². The van der Waals surface area contributed by atoms with Gasteiger partial charge in [-0.15, -0.1) is 11.3 Å². The molecular weight excluding hydrogens is 358 g/mol. The molecule has 0 radical (unpaired) electrons. The lowest BCUT2D eigenvalue weighted by atomic mass is 10.2. The number of nitrogens with one attached hydrogen (secondary N) is 1. The molecule has 0 bridgehead atoms. The van der Waals surface area contributed by atoms with Crippen molar-refractivity contribution in [3.05, 3.63) is 58.4 Å². The van der Waals surface area contributed by atoms with E-state index >= 15 is 0 Å². The summed E-state index contributed by atoms with van der Waals surface area (Å²) in [6.45, 7) is 3.67. The van der Waals surface area contributed by atoms with Gasteiger partial charge in [-0.05, 0) is 37.3 Å². The molecule has 0 spiro atoms. The lowest BCUT2D eigenvalue weighted by molar-refractivity contribution is 0.103. The van der Waals surface area contributed by atoms with Crippen molar-refractivity contribution >= 4 is 44.6 Å². The molecule has 2 aromatic carbocycles. The fraction of sp³-hybridized carbons (Fsp3) is 0.211. The summed E-state index contributed by atoms with van der Waals surface area (Å²) in [5.41, 5.74) is 0.690. The highest BCUT2D eigenvalue weighted by Crippen LogP contribution is 2.35. The topological polar surface area (TPSA) is 47.6 Å². The standard InChI is InChI=1S/C19H18ClNO3S/c1-2-23-11-12-24-14-9-7-13(8-10-14)21-19(22)18-17(20)15-5-3-4-6-16(15)25-18/h3-10H,2,11-12H2,1H3,(H,21,22). The first kappa shape index (κ1) is 17.7. The number of anilines is 1. The lowest BCUT2D eigenvalue weighted by Gasteiger charge is -2.08. The molecule has 3 rings (SSSR count). The highest BCUT2D eigenvalue weighted by molar-refractivity contribution is 7.21. The molecule has 0 saturated carbocycles. The van der Waals surface area contributed by atoms with Crippen LogP contribution in [0.4, 0.5) is 5.69 Å². The maximum absolute atomic E-state index is 12.5. The normalized spacial score (nSPS) is 10.8. The zero-order valence-corrected chi connectivity index (χ0v) is 15.3. The van der Waals surface area contributed by atoms with Gasteiger partial charge in [0.1, 0.15) is 17.2 Å². The van der Waals surface area contributed by atoms with Gasteiger partial charge in [0.25, 0.3) is 5.91 Å². The van der Waals surface area contributed by atoms with Gasteiger partial charge in [-0.1, -0.05) is 29.8 Å². The SMILES string of the molecule is CCOCCOc1ccc(NC(=O)c2sc3ccccc3c2Cl)cc1. The number of hydrogen-bond acceptors (Lipinski definition) is 4. The zero-order valence-electron chi connectivity index (χ0n) is 13.8. The Balaban J connectivity index is 1.65. The second kappa shape index (κ2) is 8.34. The summed E-state index contributed by atoms with van der Waals surface area (Å²) in [6.07, 6.45) is 0. The van der Waals surface area contributed by atoms with Crippen LogP contribution in [0.25, 0.3) is 10.1 Å². The van der Waals surface area contributed by atoms with Gasteiger partial charge >= 0.3 is 0 Å². The Bertz CT molecular complexity index is 861. The summed E-state index contributed by atoms with van der Waals surface area (Å²) in [5.74, 6) is 0.522. The summed E-state index contributed by atoms with van der Waals surface area (Å²) >= 11 is 7.73. The minimum Gasteiger partial charge on any atom is -0.491 e. The van der Waals surface area contributed by atoms with Crippen LogP contribution in [0, 0.1) is 0 Å². The molecule has 1 aromatic heterocycles. The van der Waals surface area contributed by atoms with Crippen LogP contribution < -0.4 is 10.1 Å². The van der Waals surface area contributed by atoms with E-state index in [0.29, 0.717) is 35.4 Å². The van der Waals surface area contributed by atoms with Gasteiger partial charge in [-0.2, -0.15) is 0 Å². The molecule has 25 heavy (non-hydrogen) atoms. The summed E-state index contributed by atoms with van der Waals surface area (Å²) in [7, 11) is 0. The van der Waals surface area contributed by atoms with E-state index in [2.05, 4.69) is 5.32 Å². The van der Waals surface area contributed by atoms with Gasteiger partial charge in [0.15, 0.2) is 0 Å². The molecule has 1 amide bonds. The first-order valence-corrected chi connectivity index (χ1v) is 9.17. The molecule has 0 fully saturated rings. The Kier molecular flexibility index (Phi) is 5.91. The fourth-order valence-corrected chi connectivity index (χ4v) is 3.76. The van der Waals surface area contributed by atoms with E-state index in [1.807, 2.05) is 43.3 Å². The van der Waals surface area contributed by atoms with Crippen LogP contribution in [0.1, 0.15) is 16.6 Å². The third kappa shape index (κ3) is 4.31. The first-order valence-electron chi connectivity index (χ1n) is 7.98. The van der Waals surface area contributed by atoms with Gasteiger partial charge in [0.05, 0.1) is 11.6 Å². The summed E-state index contributed by atoms with van der Waals surface area (Å²) < 4.78 is 11.8. The fourth-order valence-electron chi connectivity index (χ4n) is 2.35. The predicted octanol–water partition coefficient (Wildman–Crippen LogP) is 5.22. The quantitative estimate of drug-likeness (QED) is 0.576. The maximum Gasteiger partial charge on any atom is 0.267 e. The van der Waals surface area contributed by atoms with Crippen molar-refractivity contribution in [2.45, 2.75) is 6.92 Å². The van der Waals surface area contributed by atoms with Crippen LogP contribution in [0.3, 0.4) is 0 Å². The van der Waals surface area contributed by atoms with E-state index in [1.54, 1.807) is 12.1 Å². The Hall–Kier alpha value is -2.08. The van der Waals surface area contributed by atoms with Gasteiger partial charge < -0.3 is 14.8 Å². The number of thiophene rings is 1. The number of amides is 1. The Morgan fingerprint density at radius 2 is 1.88 bits per heavy atom. The van der Waals surface area contributed by atoms with Gasteiger partial charge in [-0.25, -0.2) is 0 Å². The predicted molar refractivity (Wildman–Crippen MR) is 103 cm³/mol. The number of benzene rings is 2. The first-order chi connectivity index (χ1) is 12.2. The van der Waals surface area contributed by atoms with Gasteiger partial charge in [0, 0.05) is 22.4 Å². The van der Waals surface area contributed by atoms with Crippen molar-refractivity contribution in [2.75, 3.05) is 25.1 Å². The summed E-state index contributed by atoms with van der Waals surface area (Å²) in [5, 5.41) is 4.27. The van der Waals surface area contributed by atoms with Crippen LogP contribution in [-0.2, 0) is 4.74 Å². The third-order valence-electron chi connectivity index (χ3n) is 3.55. The molecule has 0 aliphatic heterocycles. The number of carbonyl (C=O) groups is 1. The van der Waals surface area contributed by atoms with Crippen molar-refractivity contribution in [2.24, 2.45) is 0 Å². The number of halogens is 1. The number of rotatable bonds is 7. The Labute approximate surface area is 155 Å². The summed E-state index contributed by atoms with van der Waals surface area (Å²) in [4.78, 5) is 13.0. The molecule has 0 aliphatic carbocycles. The van der Waals surface area contributed by atoms with Crippen molar-refractivity contribution in [3.8, 4) is 5.75 Å². The molecule has 0 saturated heterocycles. The number of hydrogen-bond donors (Lipinski definition) is 1. The van der Waals surface area contributed by atoms with Crippen LogP contribution in [-0.4, -0.2) is 25.7 Å². The van der Waals surface area contributed by atoms with E-state index in [1.165, 1.54) is 11.3 Å². The molecule has 0 unspecified atom stereocenters. The molecule has 130 valence electrons. The number of ether oxygens (including phenoxy) is 2. The Morgan fingerprint density at radius 3 is 2.60 bits per heavy atom. The minimum absolute atomic E-state index is 0.212. The van der Waals surface area contributed by atoms with E-state index in [-0.39, 0.29) is 5.91 Å². The van der Waals surface area contributed by atoms with E-state index < -0.39 is 0 Å².